The van der Waals surface area contributed by atoms with Gasteiger partial charge in [-0.05, 0) is 34.1 Å². The van der Waals surface area contributed by atoms with Crippen LogP contribution in [0.2, 0.25) is 0 Å². The Kier molecular flexibility index (Phi) is 5.29. The van der Waals surface area contributed by atoms with E-state index in [1.807, 2.05) is 13.0 Å². The number of aromatic nitrogens is 2. The lowest BCUT2D eigenvalue weighted by Gasteiger charge is -2.19. The number of nitrogens with two attached hydrogens (primary N) is 1. The fourth-order valence-electron chi connectivity index (χ4n) is 1.83. The summed E-state index contributed by atoms with van der Waals surface area (Å²) in [6.45, 7) is 9.12. The van der Waals surface area contributed by atoms with Crippen LogP contribution in [-0.4, -0.2) is 27.3 Å². The van der Waals surface area contributed by atoms with E-state index in [-0.39, 0.29) is 12.2 Å². The van der Waals surface area contributed by atoms with Crippen LogP contribution in [0.15, 0.2) is 6.08 Å². The molecule has 116 valence electrons. The van der Waals surface area contributed by atoms with Gasteiger partial charge >= 0.3 is 5.97 Å². The van der Waals surface area contributed by atoms with Gasteiger partial charge in [-0.3, -0.25) is 14.3 Å². The van der Waals surface area contributed by atoms with Crippen LogP contribution in [-0.2, 0) is 16.1 Å². The smallest absolute Gasteiger partial charge is 0.328 e. The Hall–Kier alpha value is -2.11. The molecular weight excluding hydrogens is 270 g/mol. The van der Waals surface area contributed by atoms with Crippen molar-refractivity contribution in [2.75, 3.05) is 0 Å². The molecule has 0 atom stereocenters. The Morgan fingerprint density at radius 2 is 2.00 bits per heavy atom. The third-order valence-corrected chi connectivity index (χ3v) is 2.71. The molecule has 0 aliphatic carbocycles. The fourth-order valence-corrected chi connectivity index (χ4v) is 1.83. The summed E-state index contributed by atoms with van der Waals surface area (Å²) in [5.74, 6) is -1.02. The lowest BCUT2D eigenvalue weighted by atomic mass is 10.1. The van der Waals surface area contributed by atoms with Gasteiger partial charge in [0, 0.05) is 11.3 Å². The summed E-state index contributed by atoms with van der Waals surface area (Å²) >= 11 is 0. The molecule has 0 saturated carbocycles. The third kappa shape index (κ3) is 4.73. The van der Waals surface area contributed by atoms with Crippen LogP contribution in [0.5, 0.6) is 0 Å². The van der Waals surface area contributed by atoms with E-state index in [0.717, 1.165) is 6.42 Å². The van der Waals surface area contributed by atoms with Crippen molar-refractivity contribution < 1.29 is 14.3 Å². The van der Waals surface area contributed by atoms with Crippen molar-refractivity contribution in [3.8, 4) is 0 Å². The van der Waals surface area contributed by atoms with Gasteiger partial charge in [0.25, 0.3) is 5.91 Å². The summed E-state index contributed by atoms with van der Waals surface area (Å²) in [5, 5.41) is 4.12. The number of rotatable bonds is 5. The molecule has 1 amide bonds. The zero-order chi connectivity index (χ0) is 16.2. The lowest BCUT2D eigenvalue weighted by Crippen LogP contribution is -2.27. The zero-order valence-electron chi connectivity index (χ0n) is 13.3. The van der Waals surface area contributed by atoms with E-state index in [4.69, 9.17) is 10.5 Å². The van der Waals surface area contributed by atoms with Gasteiger partial charge < -0.3 is 10.5 Å². The average Bonchev–Trinajstić information content (AvgIpc) is 2.62. The summed E-state index contributed by atoms with van der Waals surface area (Å²) in [5.41, 5.74) is 6.30. The molecule has 0 bridgehead atoms. The first-order chi connectivity index (χ1) is 9.65. The van der Waals surface area contributed by atoms with Crippen LogP contribution in [0.1, 0.15) is 55.9 Å². The number of primary amides is 1. The van der Waals surface area contributed by atoms with Crippen molar-refractivity contribution in [2.24, 2.45) is 5.73 Å². The van der Waals surface area contributed by atoms with E-state index in [0.29, 0.717) is 11.3 Å². The number of allylic oxidation sites excluding steroid dienone is 1. The van der Waals surface area contributed by atoms with E-state index < -0.39 is 17.5 Å². The van der Waals surface area contributed by atoms with E-state index >= 15 is 0 Å². The summed E-state index contributed by atoms with van der Waals surface area (Å²) in [6.07, 6.45) is 4.54. The van der Waals surface area contributed by atoms with Gasteiger partial charge in [0.1, 0.15) is 12.1 Å². The quantitative estimate of drug-likeness (QED) is 0.842. The van der Waals surface area contributed by atoms with Gasteiger partial charge in [0.2, 0.25) is 0 Å². The molecule has 2 N–H and O–H groups in total. The molecule has 1 rings (SSSR count). The summed E-state index contributed by atoms with van der Waals surface area (Å²) in [6, 6.07) is 0. The maximum absolute atomic E-state index is 11.9. The number of amides is 1. The first-order valence-corrected chi connectivity index (χ1v) is 6.91. The molecule has 0 fully saturated rings. The summed E-state index contributed by atoms with van der Waals surface area (Å²) in [4.78, 5) is 23.3. The van der Waals surface area contributed by atoms with Crippen molar-refractivity contribution in [1.82, 2.24) is 9.78 Å². The SMILES string of the molecule is CC/C=C/c1c(C(N)=O)nn(CC(=O)OC(C)(C)C)c1C. The highest BCUT2D eigenvalue weighted by atomic mass is 16.6. The van der Waals surface area contributed by atoms with E-state index in [1.165, 1.54) is 4.68 Å². The second-order valence-electron chi connectivity index (χ2n) is 5.77. The van der Waals surface area contributed by atoms with Crippen LogP contribution in [0, 0.1) is 6.92 Å². The minimum atomic E-state index is -0.614. The predicted octanol–water partition coefficient (Wildman–Crippen LogP) is 2.06. The molecule has 0 aliphatic heterocycles. The summed E-state index contributed by atoms with van der Waals surface area (Å²) < 4.78 is 6.70. The second-order valence-corrected chi connectivity index (χ2v) is 5.77. The molecule has 21 heavy (non-hydrogen) atoms. The van der Waals surface area contributed by atoms with Gasteiger partial charge in [-0.2, -0.15) is 5.10 Å². The van der Waals surface area contributed by atoms with Crippen LogP contribution >= 0.6 is 0 Å². The Morgan fingerprint density at radius 1 is 1.38 bits per heavy atom. The molecule has 1 aromatic rings. The lowest BCUT2D eigenvalue weighted by molar-refractivity contribution is -0.155. The number of nitrogens with zero attached hydrogens (tertiary/aromatic N) is 2. The number of ether oxygens (including phenoxy) is 1. The highest BCUT2D eigenvalue weighted by Crippen LogP contribution is 2.17. The molecule has 0 aliphatic rings. The van der Waals surface area contributed by atoms with Crippen LogP contribution in [0.3, 0.4) is 0 Å². The molecule has 1 aromatic heterocycles. The Labute approximate surface area is 125 Å². The first-order valence-electron chi connectivity index (χ1n) is 6.91. The maximum Gasteiger partial charge on any atom is 0.328 e. The minimum Gasteiger partial charge on any atom is -0.459 e. The van der Waals surface area contributed by atoms with Crippen molar-refractivity contribution in [3.05, 3.63) is 23.0 Å². The predicted molar refractivity (Wildman–Crippen MR) is 80.7 cm³/mol. The topological polar surface area (TPSA) is 87.2 Å². The molecule has 0 saturated heterocycles. The Balaban J connectivity index is 3.06. The van der Waals surface area contributed by atoms with Crippen molar-refractivity contribution in [3.63, 3.8) is 0 Å². The number of hydrogen-bond acceptors (Lipinski definition) is 4. The van der Waals surface area contributed by atoms with Crippen LogP contribution < -0.4 is 5.73 Å². The van der Waals surface area contributed by atoms with Gasteiger partial charge in [-0.25, -0.2) is 0 Å². The van der Waals surface area contributed by atoms with Gasteiger partial charge in [0.15, 0.2) is 5.69 Å². The molecular formula is C15H23N3O3. The fraction of sp³-hybridized carbons (Fsp3) is 0.533. The van der Waals surface area contributed by atoms with Gasteiger partial charge in [-0.1, -0.05) is 19.1 Å². The zero-order valence-corrected chi connectivity index (χ0v) is 13.3. The van der Waals surface area contributed by atoms with Gasteiger partial charge in [0.05, 0.1) is 0 Å². The minimum absolute atomic E-state index is 0.0522. The van der Waals surface area contributed by atoms with Crippen LogP contribution in [0.4, 0.5) is 0 Å². The van der Waals surface area contributed by atoms with Gasteiger partial charge in [-0.15, -0.1) is 0 Å². The molecule has 1 heterocycles. The van der Waals surface area contributed by atoms with Crippen molar-refractivity contribution >= 4 is 18.0 Å². The van der Waals surface area contributed by atoms with Crippen LogP contribution in [0.25, 0.3) is 6.08 Å². The number of esters is 1. The van der Waals surface area contributed by atoms with Crippen molar-refractivity contribution in [2.45, 2.75) is 53.2 Å². The Bertz CT molecular complexity index is 565. The van der Waals surface area contributed by atoms with E-state index in [2.05, 4.69) is 5.10 Å². The van der Waals surface area contributed by atoms with Crippen molar-refractivity contribution in [1.29, 1.82) is 0 Å². The third-order valence-electron chi connectivity index (χ3n) is 2.71. The molecule has 0 radical (unpaired) electrons. The number of hydrogen-bond donors (Lipinski definition) is 1. The molecule has 0 unspecified atom stereocenters. The normalized spacial score (nSPS) is 11.9. The largest absolute Gasteiger partial charge is 0.459 e. The standard InChI is InChI=1S/C15H23N3O3/c1-6-7-8-11-10(2)18(17-13(11)14(16)20)9-12(19)21-15(3,4)5/h7-8H,6,9H2,1-5H3,(H2,16,20)/b8-7+. The first kappa shape index (κ1) is 16.9. The van der Waals surface area contributed by atoms with E-state index in [1.54, 1.807) is 33.8 Å². The molecule has 6 nitrogen and oxygen atoms in total. The number of carbonyl (C=O) groups is 2. The number of carbonyl (C=O) groups excluding carboxylic acids is 2. The molecule has 0 spiro atoms. The monoisotopic (exact) mass is 293 g/mol. The molecule has 6 heteroatoms. The Morgan fingerprint density at radius 3 is 2.48 bits per heavy atom. The molecule has 0 aromatic carbocycles. The highest BCUT2D eigenvalue weighted by Gasteiger charge is 2.21. The maximum atomic E-state index is 11.9. The summed E-state index contributed by atoms with van der Waals surface area (Å²) in [7, 11) is 0. The highest BCUT2D eigenvalue weighted by molar-refractivity contribution is 5.95. The average molecular weight is 293 g/mol. The second kappa shape index (κ2) is 6.56. The van der Waals surface area contributed by atoms with E-state index in [9.17, 15) is 9.59 Å².